The van der Waals surface area contributed by atoms with Gasteiger partial charge >= 0.3 is 5.97 Å². The molecule has 0 spiro atoms. The highest BCUT2D eigenvalue weighted by molar-refractivity contribution is 9.10. The molecule has 2 rings (SSSR count). The fourth-order valence-electron chi connectivity index (χ4n) is 2.07. The Morgan fingerprint density at radius 3 is 2.71 bits per heavy atom. The molecule has 0 saturated carbocycles. The topological polar surface area (TPSA) is 49.3 Å². The van der Waals surface area contributed by atoms with Crippen LogP contribution in [-0.4, -0.2) is 17.6 Å². The van der Waals surface area contributed by atoms with Crippen molar-refractivity contribution < 1.29 is 14.3 Å². The lowest BCUT2D eigenvalue weighted by Gasteiger charge is -2.08. The average Bonchev–Trinajstić information content (AvgIpc) is 2.47. The Balaban J connectivity index is 1.91. The van der Waals surface area contributed by atoms with Crippen LogP contribution >= 0.6 is 15.9 Å². The van der Waals surface area contributed by atoms with Crippen molar-refractivity contribution in [1.29, 1.82) is 0 Å². The lowest BCUT2D eigenvalue weighted by Crippen LogP contribution is -2.18. The van der Waals surface area contributed by atoms with Crippen molar-refractivity contribution in [2.75, 3.05) is 6.54 Å². The van der Waals surface area contributed by atoms with Gasteiger partial charge in [-0.3, -0.25) is 0 Å². The van der Waals surface area contributed by atoms with E-state index in [1.165, 1.54) is 6.07 Å². The molecule has 2 aromatic rings. The number of carboxylic acid groups (broad SMARTS) is 1. The highest BCUT2D eigenvalue weighted by Crippen LogP contribution is 2.15. The molecule has 0 amide bonds. The summed E-state index contributed by atoms with van der Waals surface area (Å²) in [7, 11) is 0. The molecule has 0 aliphatic rings. The predicted molar refractivity (Wildman–Crippen MR) is 82.9 cm³/mol. The van der Waals surface area contributed by atoms with Crippen molar-refractivity contribution in [2.45, 2.75) is 13.0 Å². The van der Waals surface area contributed by atoms with Gasteiger partial charge in [0.15, 0.2) is 0 Å². The first-order chi connectivity index (χ1) is 10.1. The third-order valence-corrected chi connectivity index (χ3v) is 3.64. The SMILES string of the molecule is O=C(O)c1ccccc1CCNCc1cc(Br)ccc1F. The summed E-state index contributed by atoms with van der Waals surface area (Å²) in [4.78, 5) is 11.1. The maximum Gasteiger partial charge on any atom is 0.335 e. The van der Waals surface area contributed by atoms with Crippen LogP contribution in [0.2, 0.25) is 0 Å². The number of rotatable bonds is 6. The molecule has 21 heavy (non-hydrogen) atoms. The molecule has 0 radical (unpaired) electrons. The minimum atomic E-state index is -0.927. The Bertz CT molecular complexity index is 646. The maximum absolute atomic E-state index is 13.6. The van der Waals surface area contributed by atoms with E-state index in [0.717, 1.165) is 10.0 Å². The number of halogens is 2. The van der Waals surface area contributed by atoms with Gasteiger partial charge in [-0.1, -0.05) is 34.1 Å². The number of carbonyl (C=O) groups is 1. The van der Waals surface area contributed by atoms with Crippen molar-refractivity contribution in [1.82, 2.24) is 5.32 Å². The molecule has 0 unspecified atom stereocenters. The molecule has 0 atom stereocenters. The zero-order chi connectivity index (χ0) is 15.2. The van der Waals surface area contributed by atoms with Gasteiger partial charge in [0.1, 0.15) is 5.82 Å². The van der Waals surface area contributed by atoms with E-state index in [9.17, 15) is 9.18 Å². The van der Waals surface area contributed by atoms with Crippen molar-refractivity contribution in [3.8, 4) is 0 Å². The van der Waals surface area contributed by atoms with E-state index < -0.39 is 5.97 Å². The van der Waals surface area contributed by atoms with Gasteiger partial charge in [-0.05, 0) is 42.8 Å². The van der Waals surface area contributed by atoms with Gasteiger partial charge in [0.2, 0.25) is 0 Å². The fourth-order valence-corrected chi connectivity index (χ4v) is 2.48. The van der Waals surface area contributed by atoms with Gasteiger partial charge in [0, 0.05) is 16.6 Å². The summed E-state index contributed by atoms with van der Waals surface area (Å²) in [5.41, 5.74) is 1.66. The van der Waals surface area contributed by atoms with E-state index >= 15 is 0 Å². The molecule has 0 fully saturated rings. The highest BCUT2D eigenvalue weighted by atomic mass is 79.9. The van der Waals surface area contributed by atoms with E-state index in [4.69, 9.17) is 5.11 Å². The van der Waals surface area contributed by atoms with Crippen LogP contribution in [0.1, 0.15) is 21.5 Å². The number of hydrogen-bond acceptors (Lipinski definition) is 2. The molecule has 110 valence electrons. The molecular formula is C16H15BrFNO2. The molecule has 2 N–H and O–H groups in total. The average molecular weight is 352 g/mol. The Kier molecular flexibility index (Phi) is 5.47. The summed E-state index contributed by atoms with van der Waals surface area (Å²) in [5.74, 6) is -1.18. The van der Waals surface area contributed by atoms with Crippen LogP contribution in [-0.2, 0) is 13.0 Å². The largest absolute Gasteiger partial charge is 0.478 e. The minimum absolute atomic E-state index is 0.253. The van der Waals surface area contributed by atoms with Gasteiger partial charge in [-0.2, -0.15) is 0 Å². The van der Waals surface area contributed by atoms with Gasteiger partial charge < -0.3 is 10.4 Å². The molecule has 0 bridgehead atoms. The quantitative estimate of drug-likeness (QED) is 0.781. The summed E-state index contributed by atoms with van der Waals surface area (Å²) < 4.78 is 14.4. The molecule has 5 heteroatoms. The molecule has 0 heterocycles. The maximum atomic E-state index is 13.6. The van der Waals surface area contributed by atoms with Crippen molar-refractivity contribution in [3.63, 3.8) is 0 Å². The number of aromatic carboxylic acids is 1. The zero-order valence-corrected chi connectivity index (χ0v) is 12.9. The molecule has 3 nitrogen and oxygen atoms in total. The van der Waals surface area contributed by atoms with E-state index in [-0.39, 0.29) is 5.82 Å². The van der Waals surface area contributed by atoms with E-state index in [0.29, 0.717) is 30.6 Å². The molecule has 0 saturated heterocycles. The van der Waals surface area contributed by atoms with Crippen LogP contribution in [0.3, 0.4) is 0 Å². The van der Waals surface area contributed by atoms with E-state index in [2.05, 4.69) is 21.2 Å². The second-order valence-electron chi connectivity index (χ2n) is 4.62. The Hall–Kier alpha value is -1.72. The van der Waals surface area contributed by atoms with E-state index in [1.54, 1.807) is 30.3 Å². The summed E-state index contributed by atoms with van der Waals surface area (Å²) in [5, 5.41) is 12.2. The first kappa shape index (κ1) is 15.7. The number of benzene rings is 2. The van der Waals surface area contributed by atoms with Crippen molar-refractivity contribution in [2.24, 2.45) is 0 Å². The lowest BCUT2D eigenvalue weighted by molar-refractivity contribution is 0.0695. The monoisotopic (exact) mass is 351 g/mol. The van der Waals surface area contributed by atoms with Gasteiger partial charge in [0.05, 0.1) is 5.56 Å². The van der Waals surface area contributed by atoms with Crippen molar-refractivity contribution >= 4 is 21.9 Å². The zero-order valence-electron chi connectivity index (χ0n) is 11.3. The fraction of sp³-hybridized carbons (Fsp3) is 0.188. The molecule has 2 aromatic carbocycles. The second kappa shape index (κ2) is 7.33. The van der Waals surface area contributed by atoms with Crippen LogP contribution in [0.5, 0.6) is 0 Å². The highest BCUT2D eigenvalue weighted by Gasteiger charge is 2.08. The summed E-state index contributed by atoms with van der Waals surface area (Å²) in [6.07, 6.45) is 0.581. The third-order valence-electron chi connectivity index (χ3n) is 3.14. The van der Waals surface area contributed by atoms with Crippen LogP contribution in [0.4, 0.5) is 4.39 Å². The smallest absolute Gasteiger partial charge is 0.335 e. The second-order valence-corrected chi connectivity index (χ2v) is 5.54. The van der Waals surface area contributed by atoms with Gasteiger partial charge in [-0.15, -0.1) is 0 Å². The summed E-state index contributed by atoms with van der Waals surface area (Å²) in [6, 6.07) is 11.7. The standard InChI is InChI=1S/C16H15BrFNO2/c17-13-5-6-15(18)12(9-13)10-19-8-7-11-3-1-2-4-14(11)16(20)21/h1-6,9,19H,7-8,10H2,(H,20,21). The molecule has 0 aliphatic carbocycles. The Labute approximate surface area is 130 Å². The molecule has 0 aromatic heterocycles. The normalized spacial score (nSPS) is 10.6. The lowest BCUT2D eigenvalue weighted by atomic mass is 10.0. The van der Waals surface area contributed by atoms with Crippen molar-refractivity contribution in [3.05, 3.63) is 69.4 Å². The van der Waals surface area contributed by atoms with Crippen LogP contribution in [0, 0.1) is 5.82 Å². The summed E-state index contributed by atoms with van der Waals surface area (Å²) >= 11 is 3.31. The number of hydrogen-bond donors (Lipinski definition) is 2. The van der Waals surface area contributed by atoms with Gasteiger partial charge in [-0.25, -0.2) is 9.18 Å². The summed E-state index contributed by atoms with van der Waals surface area (Å²) in [6.45, 7) is 0.983. The minimum Gasteiger partial charge on any atom is -0.478 e. The van der Waals surface area contributed by atoms with Crippen LogP contribution < -0.4 is 5.32 Å². The first-order valence-corrected chi connectivity index (χ1v) is 7.33. The van der Waals surface area contributed by atoms with Crippen LogP contribution in [0.15, 0.2) is 46.9 Å². The third kappa shape index (κ3) is 4.37. The predicted octanol–water partition coefficient (Wildman–Crippen LogP) is 3.62. The van der Waals surface area contributed by atoms with Crippen LogP contribution in [0.25, 0.3) is 0 Å². The number of carboxylic acids is 1. The molecule has 0 aliphatic heterocycles. The Morgan fingerprint density at radius 2 is 1.95 bits per heavy atom. The first-order valence-electron chi connectivity index (χ1n) is 6.54. The number of nitrogens with one attached hydrogen (secondary N) is 1. The molecular weight excluding hydrogens is 337 g/mol. The van der Waals surface area contributed by atoms with E-state index in [1.807, 2.05) is 6.07 Å². The van der Waals surface area contributed by atoms with Gasteiger partial charge in [0.25, 0.3) is 0 Å². The Morgan fingerprint density at radius 1 is 1.19 bits per heavy atom.